The van der Waals surface area contributed by atoms with Gasteiger partial charge in [0.1, 0.15) is 11.3 Å². The summed E-state index contributed by atoms with van der Waals surface area (Å²) in [6.45, 7) is 9.41. The lowest BCUT2D eigenvalue weighted by molar-refractivity contribution is -0.130. The van der Waals surface area contributed by atoms with E-state index in [0.717, 1.165) is 27.9 Å². The summed E-state index contributed by atoms with van der Waals surface area (Å²) in [5.74, 6) is 1.20. The number of nitrogen functional groups attached to an aromatic ring is 1. The van der Waals surface area contributed by atoms with Crippen LogP contribution >= 0.6 is 0 Å². The van der Waals surface area contributed by atoms with Crippen molar-refractivity contribution < 1.29 is 4.79 Å². The molecular weight excluding hydrogens is 378 g/mol. The molecule has 0 radical (unpaired) electrons. The van der Waals surface area contributed by atoms with Crippen LogP contribution in [0.1, 0.15) is 26.1 Å². The Labute approximate surface area is 174 Å². The summed E-state index contributed by atoms with van der Waals surface area (Å²) in [6.07, 6.45) is 5.56. The zero-order valence-corrected chi connectivity index (χ0v) is 17.2. The number of nitrogens with two attached hydrogens (primary N) is 1. The number of amides is 1. The van der Waals surface area contributed by atoms with Gasteiger partial charge in [0.25, 0.3) is 0 Å². The third-order valence-electron chi connectivity index (χ3n) is 5.24. The van der Waals surface area contributed by atoms with E-state index in [4.69, 9.17) is 10.7 Å². The lowest BCUT2D eigenvalue weighted by Gasteiger charge is -2.20. The van der Waals surface area contributed by atoms with Gasteiger partial charge in [-0.2, -0.15) is 5.10 Å². The lowest BCUT2D eigenvalue weighted by Crippen LogP contribution is -2.31. The summed E-state index contributed by atoms with van der Waals surface area (Å²) in [5.41, 5.74) is 9.59. The Balaban J connectivity index is 1.86. The molecule has 1 amide bonds. The molecule has 1 aromatic carbocycles. The van der Waals surface area contributed by atoms with Gasteiger partial charge in [-0.1, -0.05) is 6.08 Å². The molecule has 4 rings (SSSR count). The van der Waals surface area contributed by atoms with Gasteiger partial charge in [0.2, 0.25) is 5.91 Å². The topological polar surface area (TPSA) is 94.9 Å². The van der Waals surface area contributed by atoms with E-state index in [1.165, 1.54) is 0 Å². The van der Waals surface area contributed by atoms with Crippen LogP contribution in [0.25, 0.3) is 27.6 Å². The highest BCUT2D eigenvalue weighted by atomic mass is 16.2. The van der Waals surface area contributed by atoms with E-state index in [1.54, 1.807) is 21.9 Å². The zero-order chi connectivity index (χ0) is 21.3. The molecule has 0 fully saturated rings. The van der Waals surface area contributed by atoms with Gasteiger partial charge in [-0.3, -0.25) is 4.79 Å². The highest BCUT2D eigenvalue weighted by Gasteiger charge is 2.20. The fourth-order valence-corrected chi connectivity index (χ4v) is 3.77. The van der Waals surface area contributed by atoms with Crippen LogP contribution in [0, 0.1) is 0 Å². The third-order valence-corrected chi connectivity index (χ3v) is 5.24. The predicted octanol–water partition coefficient (Wildman–Crippen LogP) is 3.30. The Morgan fingerprint density at radius 3 is 2.80 bits per heavy atom. The van der Waals surface area contributed by atoms with Crippen LogP contribution in [0.2, 0.25) is 0 Å². The van der Waals surface area contributed by atoms with Gasteiger partial charge in [0.15, 0.2) is 5.82 Å². The second-order valence-corrected chi connectivity index (χ2v) is 7.02. The molecular formula is C22H25N7O. The first-order chi connectivity index (χ1) is 14.6. The van der Waals surface area contributed by atoms with Crippen LogP contribution in [-0.4, -0.2) is 41.7 Å². The lowest BCUT2D eigenvalue weighted by atomic mass is 10.1. The number of aromatic nitrogens is 5. The van der Waals surface area contributed by atoms with Gasteiger partial charge in [0, 0.05) is 37.3 Å². The second-order valence-electron chi connectivity index (χ2n) is 7.02. The molecule has 0 saturated heterocycles. The van der Waals surface area contributed by atoms with E-state index >= 15 is 0 Å². The SMILES string of the molecule is C=CCC(=O)N(CC)Cc1nc2c(N)nc3cc(-n4cccn4)ccc3c2n1CC. The minimum Gasteiger partial charge on any atom is -0.382 e. The van der Waals surface area contributed by atoms with Crippen molar-refractivity contribution in [3.05, 3.63) is 55.1 Å². The number of hydrogen-bond donors (Lipinski definition) is 1. The number of anilines is 1. The fraction of sp³-hybridized carbons (Fsp3) is 0.273. The number of rotatable bonds is 7. The first kappa shape index (κ1) is 19.6. The van der Waals surface area contributed by atoms with Gasteiger partial charge in [-0.25, -0.2) is 14.6 Å². The van der Waals surface area contributed by atoms with Crippen molar-refractivity contribution in [2.24, 2.45) is 0 Å². The highest BCUT2D eigenvalue weighted by molar-refractivity contribution is 6.07. The molecule has 3 heterocycles. The van der Waals surface area contributed by atoms with Crippen LogP contribution < -0.4 is 5.73 Å². The maximum Gasteiger partial charge on any atom is 0.226 e. The number of aryl methyl sites for hydroxylation is 1. The molecule has 0 bridgehead atoms. The third kappa shape index (κ3) is 3.30. The predicted molar refractivity (Wildman–Crippen MR) is 118 cm³/mol. The van der Waals surface area contributed by atoms with Crippen molar-refractivity contribution in [3.8, 4) is 5.69 Å². The molecule has 0 aliphatic carbocycles. The second kappa shape index (κ2) is 7.98. The summed E-state index contributed by atoms with van der Waals surface area (Å²) in [6, 6.07) is 7.88. The maximum atomic E-state index is 12.4. The Morgan fingerprint density at radius 2 is 2.13 bits per heavy atom. The van der Waals surface area contributed by atoms with Gasteiger partial charge in [-0.05, 0) is 38.1 Å². The normalized spacial score (nSPS) is 11.3. The van der Waals surface area contributed by atoms with Crippen LogP contribution in [0.5, 0.6) is 0 Å². The van der Waals surface area contributed by atoms with Crippen molar-refractivity contribution in [1.82, 2.24) is 29.2 Å². The first-order valence-electron chi connectivity index (χ1n) is 10.0. The molecule has 0 aliphatic heterocycles. The molecule has 3 aromatic heterocycles. The Morgan fingerprint density at radius 1 is 1.30 bits per heavy atom. The number of fused-ring (bicyclic) bond motifs is 3. The van der Waals surface area contributed by atoms with E-state index in [1.807, 2.05) is 37.4 Å². The van der Waals surface area contributed by atoms with Crippen LogP contribution in [0.15, 0.2) is 49.3 Å². The van der Waals surface area contributed by atoms with Crippen molar-refractivity contribution >= 4 is 33.7 Å². The van der Waals surface area contributed by atoms with Gasteiger partial charge >= 0.3 is 0 Å². The van der Waals surface area contributed by atoms with Crippen LogP contribution in [-0.2, 0) is 17.9 Å². The number of benzene rings is 1. The Hall–Kier alpha value is -3.68. The number of pyridine rings is 1. The van der Waals surface area contributed by atoms with Crippen LogP contribution in [0.3, 0.4) is 0 Å². The fourth-order valence-electron chi connectivity index (χ4n) is 3.77. The molecule has 0 aliphatic rings. The Bertz CT molecular complexity index is 1220. The molecule has 30 heavy (non-hydrogen) atoms. The van der Waals surface area contributed by atoms with Crippen molar-refractivity contribution in [3.63, 3.8) is 0 Å². The smallest absolute Gasteiger partial charge is 0.226 e. The monoisotopic (exact) mass is 403 g/mol. The summed E-state index contributed by atoms with van der Waals surface area (Å²) in [7, 11) is 0. The molecule has 154 valence electrons. The molecule has 8 heteroatoms. The summed E-state index contributed by atoms with van der Waals surface area (Å²) in [4.78, 5) is 23.5. The van der Waals surface area contributed by atoms with E-state index in [-0.39, 0.29) is 5.91 Å². The highest BCUT2D eigenvalue weighted by Crippen LogP contribution is 2.30. The molecule has 4 aromatic rings. The van der Waals surface area contributed by atoms with E-state index in [9.17, 15) is 4.79 Å². The Kier molecular flexibility index (Phi) is 5.22. The molecule has 0 unspecified atom stereocenters. The van der Waals surface area contributed by atoms with Crippen LogP contribution in [0.4, 0.5) is 5.82 Å². The van der Waals surface area contributed by atoms with Gasteiger partial charge in [-0.15, -0.1) is 6.58 Å². The molecule has 2 N–H and O–H groups in total. The number of carbonyl (C=O) groups excluding carboxylic acids is 1. The largest absolute Gasteiger partial charge is 0.382 e. The summed E-state index contributed by atoms with van der Waals surface area (Å²) in [5, 5.41) is 5.25. The number of nitrogens with zero attached hydrogens (tertiary/aromatic N) is 6. The van der Waals surface area contributed by atoms with Gasteiger partial charge < -0.3 is 15.2 Å². The minimum atomic E-state index is 0.0297. The molecule has 0 saturated carbocycles. The summed E-state index contributed by atoms with van der Waals surface area (Å²) >= 11 is 0. The molecule has 0 spiro atoms. The zero-order valence-electron chi connectivity index (χ0n) is 17.2. The van der Waals surface area contributed by atoms with E-state index < -0.39 is 0 Å². The number of carbonyl (C=O) groups is 1. The quantitative estimate of drug-likeness (QED) is 0.478. The average molecular weight is 403 g/mol. The number of imidazole rings is 1. The van der Waals surface area contributed by atoms with Crippen molar-refractivity contribution in [2.45, 2.75) is 33.4 Å². The standard InChI is InChI=1S/C22H25N7O/c1-4-8-19(30)27(5-2)14-18-26-20-21(28(18)6-3)16-10-9-15(29-12-7-11-24-29)13-17(16)25-22(20)23/h4,7,9-13H,1,5-6,8,14H2,2-3H3,(H2,23,25). The van der Waals surface area contributed by atoms with E-state index in [0.29, 0.717) is 37.4 Å². The summed E-state index contributed by atoms with van der Waals surface area (Å²) < 4.78 is 3.90. The van der Waals surface area contributed by atoms with Crippen molar-refractivity contribution in [2.75, 3.05) is 12.3 Å². The minimum absolute atomic E-state index is 0.0297. The van der Waals surface area contributed by atoms with E-state index in [2.05, 4.69) is 28.2 Å². The maximum absolute atomic E-state index is 12.4. The van der Waals surface area contributed by atoms with Gasteiger partial charge in [0.05, 0.1) is 23.3 Å². The molecule has 8 nitrogen and oxygen atoms in total. The number of hydrogen-bond acceptors (Lipinski definition) is 5. The van der Waals surface area contributed by atoms with Crippen molar-refractivity contribution in [1.29, 1.82) is 0 Å². The molecule has 0 atom stereocenters. The first-order valence-corrected chi connectivity index (χ1v) is 10.0. The average Bonchev–Trinajstić information content (AvgIpc) is 3.40.